The molecule has 0 N–H and O–H groups in total. The van der Waals surface area contributed by atoms with Crippen LogP contribution in [-0.4, -0.2) is 14.1 Å². The summed E-state index contributed by atoms with van der Waals surface area (Å²) in [5.41, 5.74) is 4.82. The highest BCUT2D eigenvalue weighted by atomic mass is 28.4. The highest BCUT2D eigenvalue weighted by Crippen LogP contribution is 2.49. The van der Waals surface area contributed by atoms with Gasteiger partial charge in [0, 0.05) is 5.56 Å². The summed E-state index contributed by atoms with van der Waals surface area (Å²) in [6.45, 7) is 13.8. The van der Waals surface area contributed by atoms with Gasteiger partial charge in [0.1, 0.15) is 0 Å². The standard InChI is InChI=1S/C27H36O2Si/c1-19(2)30(20(3)4,21(5)6)29-27-24(17-22-13-9-7-10-14-22)18-25(27)26(28)23-15-11-8-12-16-23/h7-16,19-21,25H,17-18H2,1-6H3. The van der Waals surface area contributed by atoms with Crippen molar-refractivity contribution in [2.45, 2.75) is 71.0 Å². The highest BCUT2D eigenvalue weighted by Gasteiger charge is 2.50. The van der Waals surface area contributed by atoms with Crippen molar-refractivity contribution in [2.24, 2.45) is 5.92 Å². The van der Waals surface area contributed by atoms with Gasteiger partial charge in [-0.15, -0.1) is 0 Å². The Morgan fingerprint density at radius 2 is 1.37 bits per heavy atom. The summed E-state index contributed by atoms with van der Waals surface area (Å²) >= 11 is 0. The molecule has 2 aromatic carbocycles. The summed E-state index contributed by atoms with van der Waals surface area (Å²) in [4.78, 5) is 13.3. The molecule has 1 aliphatic rings. The summed E-state index contributed by atoms with van der Waals surface area (Å²) < 4.78 is 7.10. The van der Waals surface area contributed by atoms with E-state index in [0.29, 0.717) is 16.6 Å². The lowest BCUT2D eigenvalue weighted by atomic mass is 9.77. The van der Waals surface area contributed by atoms with E-state index in [1.807, 2.05) is 36.4 Å². The van der Waals surface area contributed by atoms with Gasteiger partial charge in [-0.05, 0) is 40.6 Å². The van der Waals surface area contributed by atoms with Gasteiger partial charge in [0.25, 0.3) is 8.32 Å². The molecule has 1 atom stereocenters. The maximum atomic E-state index is 13.3. The normalized spacial score (nSPS) is 16.9. The maximum absolute atomic E-state index is 13.3. The van der Waals surface area contributed by atoms with Gasteiger partial charge in [-0.3, -0.25) is 4.79 Å². The van der Waals surface area contributed by atoms with E-state index < -0.39 is 8.32 Å². The van der Waals surface area contributed by atoms with Gasteiger partial charge in [-0.2, -0.15) is 0 Å². The Bertz CT molecular complexity index is 860. The molecule has 0 saturated heterocycles. The lowest BCUT2D eigenvalue weighted by molar-refractivity contribution is 0.0886. The second-order valence-corrected chi connectivity index (χ2v) is 14.9. The largest absolute Gasteiger partial charge is 0.545 e. The molecule has 0 amide bonds. The fraction of sp³-hybridized carbons (Fsp3) is 0.444. The first-order chi connectivity index (χ1) is 14.3. The molecular weight excluding hydrogens is 384 g/mol. The smallest absolute Gasteiger partial charge is 0.258 e. The first kappa shape index (κ1) is 22.5. The van der Waals surface area contributed by atoms with Crippen LogP contribution in [0.4, 0.5) is 0 Å². The molecule has 0 heterocycles. The van der Waals surface area contributed by atoms with Crippen LogP contribution in [0.5, 0.6) is 0 Å². The van der Waals surface area contributed by atoms with Crippen molar-refractivity contribution in [3.63, 3.8) is 0 Å². The van der Waals surface area contributed by atoms with Crippen molar-refractivity contribution < 1.29 is 9.22 Å². The molecule has 0 aliphatic heterocycles. The maximum Gasteiger partial charge on any atom is 0.258 e. The zero-order valence-electron chi connectivity index (χ0n) is 19.3. The van der Waals surface area contributed by atoms with Crippen molar-refractivity contribution in [2.75, 3.05) is 0 Å². The molecule has 0 saturated carbocycles. The number of carbonyl (C=O) groups excluding carboxylic acids is 1. The predicted molar refractivity (Wildman–Crippen MR) is 128 cm³/mol. The molecule has 2 aromatic rings. The molecule has 0 bridgehead atoms. The molecule has 160 valence electrons. The minimum absolute atomic E-state index is 0.144. The predicted octanol–water partition coefficient (Wildman–Crippen LogP) is 7.58. The molecule has 1 aliphatic carbocycles. The Morgan fingerprint density at radius 1 is 0.867 bits per heavy atom. The monoisotopic (exact) mass is 420 g/mol. The first-order valence-electron chi connectivity index (χ1n) is 11.3. The average molecular weight is 421 g/mol. The minimum Gasteiger partial charge on any atom is -0.545 e. The van der Waals surface area contributed by atoms with Gasteiger partial charge in [-0.1, -0.05) is 102 Å². The number of carbonyl (C=O) groups is 1. The van der Waals surface area contributed by atoms with Gasteiger partial charge in [-0.25, -0.2) is 0 Å². The fourth-order valence-electron chi connectivity index (χ4n) is 5.26. The molecule has 2 nitrogen and oxygen atoms in total. The van der Waals surface area contributed by atoms with Crippen LogP contribution in [0.15, 0.2) is 72.0 Å². The van der Waals surface area contributed by atoms with E-state index in [1.165, 1.54) is 11.1 Å². The van der Waals surface area contributed by atoms with E-state index in [0.717, 1.165) is 24.2 Å². The van der Waals surface area contributed by atoms with Crippen molar-refractivity contribution in [1.82, 2.24) is 0 Å². The van der Waals surface area contributed by atoms with Crippen LogP contribution < -0.4 is 0 Å². The van der Waals surface area contributed by atoms with E-state index in [9.17, 15) is 4.79 Å². The molecule has 3 heteroatoms. The number of allylic oxidation sites excluding steroid dienone is 2. The van der Waals surface area contributed by atoms with Crippen molar-refractivity contribution >= 4 is 14.1 Å². The topological polar surface area (TPSA) is 26.3 Å². The molecule has 0 aromatic heterocycles. The summed E-state index contributed by atoms with van der Waals surface area (Å²) in [6, 6.07) is 20.2. The van der Waals surface area contributed by atoms with Crippen LogP contribution in [0.25, 0.3) is 0 Å². The number of hydrogen-bond donors (Lipinski definition) is 0. The summed E-state index contributed by atoms with van der Waals surface area (Å²) in [5.74, 6) is 1.03. The Kier molecular flexibility index (Phi) is 7.02. The minimum atomic E-state index is -2.12. The van der Waals surface area contributed by atoms with Crippen LogP contribution in [0.2, 0.25) is 16.6 Å². The first-order valence-corrected chi connectivity index (χ1v) is 13.5. The van der Waals surface area contributed by atoms with Gasteiger partial charge in [0.05, 0.1) is 11.7 Å². The molecule has 0 radical (unpaired) electrons. The van der Waals surface area contributed by atoms with Gasteiger partial charge in [0.15, 0.2) is 5.78 Å². The van der Waals surface area contributed by atoms with E-state index in [-0.39, 0.29) is 11.7 Å². The van der Waals surface area contributed by atoms with Gasteiger partial charge in [0.2, 0.25) is 0 Å². The Balaban J connectivity index is 1.99. The number of rotatable bonds is 9. The lowest BCUT2D eigenvalue weighted by Crippen LogP contribution is -2.50. The molecule has 0 fully saturated rings. The van der Waals surface area contributed by atoms with Crippen LogP contribution in [-0.2, 0) is 10.8 Å². The Labute approximate surface area is 183 Å². The summed E-state index contributed by atoms with van der Waals surface area (Å²) in [6.07, 6.45) is 1.67. The molecular formula is C27H36O2Si. The van der Waals surface area contributed by atoms with E-state index in [2.05, 4.69) is 65.8 Å². The molecule has 3 rings (SSSR count). The second-order valence-electron chi connectivity index (χ2n) is 9.54. The van der Waals surface area contributed by atoms with Crippen molar-refractivity contribution in [3.05, 3.63) is 83.1 Å². The quantitative estimate of drug-likeness (QED) is 0.309. The number of ketones is 1. The molecule has 1 unspecified atom stereocenters. The zero-order valence-corrected chi connectivity index (χ0v) is 20.3. The van der Waals surface area contributed by atoms with Crippen molar-refractivity contribution in [3.8, 4) is 0 Å². The van der Waals surface area contributed by atoms with E-state index in [1.54, 1.807) is 0 Å². The second kappa shape index (κ2) is 9.34. The highest BCUT2D eigenvalue weighted by molar-refractivity contribution is 6.77. The third kappa shape index (κ3) is 4.32. The third-order valence-electron chi connectivity index (χ3n) is 6.74. The lowest BCUT2D eigenvalue weighted by Gasteiger charge is -2.47. The van der Waals surface area contributed by atoms with Crippen LogP contribution in [0.3, 0.4) is 0 Å². The summed E-state index contributed by atoms with van der Waals surface area (Å²) in [5, 5.41) is 0. The van der Waals surface area contributed by atoms with E-state index >= 15 is 0 Å². The number of hydrogen-bond acceptors (Lipinski definition) is 2. The fourth-order valence-corrected chi connectivity index (χ4v) is 10.6. The average Bonchev–Trinajstić information content (AvgIpc) is 2.71. The molecule has 30 heavy (non-hydrogen) atoms. The summed E-state index contributed by atoms with van der Waals surface area (Å²) in [7, 11) is -2.12. The Morgan fingerprint density at radius 3 is 1.87 bits per heavy atom. The SMILES string of the molecule is CC(C)[Si](OC1=C(Cc2ccccc2)CC1C(=O)c1ccccc1)(C(C)C)C(C)C. The van der Waals surface area contributed by atoms with Gasteiger partial charge < -0.3 is 4.43 Å². The van der Waals surface area contributed by atoms with Gasteiger partial charge >= 0.3 is 0 Å². The van der Waals surface area contributed by atoms with Crippen LogP contribution in [0.1, 0.15) is 63.9 Å². The Hall–Kier alpha value is -2.13. The number of Topliss-reactive ketones (excluding diaryl/α,β-unsaturated/α-hetero) is 1. The molecule has 0 spiro atoms. The van der Waals surface area contributed by atoms with Crippen LogP contribution in [0, 0.1) is 5.92 Å². The van der Waals surface area contributed by atoms with E-state index in [4.69, 9.17) is 4.43 Å². The zero-order chi connectivity index (χ0) is 21.9. The van der Waals surface area contributed by atoms with Crippen molar-refractivity contribution in [1.29, 1.82) is 0 Å². The third-order valence-corrected chi connectivity index (χ3v) is 12.7. The van der Waals surface area contributed by atoms with Crippen LogP contribution >= 0.6 is 0 Å². The number of benzene rings is 2.